The largest absolute Gasteiger partial charge is 0.471 e. The van der Waals surface area contributed by atoms with Crippen molar-refractivity contribution >= 4 is 27.9 Å². The number of ether oxygens (including phenoxy) is 3. The molecule has 0 unspecified atom stereocenters. The zero-order valence-corrected chi connectivity index (χ0v) is 15.2. The van der Waals surface area contributed by atoms with Crippen LogP contribution in [-0.2, 0) is 19.6 Å². The minimum atomic E-state index is -4.37. The highest BCUT2D eigenvalue weighted by Gasteiger charge is 2.26. The quantitative estimate of drug-likeness (QED) is 0.584. The molecule has 0 atom stereocenters. The van der Waals surface area contributed by atoms with Gasteiger partial charge in [0.05, 0.1) is 24.7 Å². The summed E-state index contributed by atoms with van der Waals surface area (Å²) >= 11 is 0. The van der Waals surface area contributed by atoms with Gasteiger partial charge in [0.25, 0.3) is 15.9 Å². The van der Waals surface area contributed by atoms with Crippen molar-refractivity contribution in [3.63, 3.8) is 0 Å². The molecule has 1 aromatic rings. The molecule has 0 radical (unpaired) electrons. The molecule has 14 heteroatoms. The number of amides is 2. The molecule has 0 aromatic carbocycles. The number of methoxy groups -OCH3 is 2. The molecule has 2 amide bonds. The van der Waals surface area contributed by atoms with Crippen LogP contribution in [0.15, 0.2) is 28.8 Å². The molecule has 13 nitrogen and oxygen atoms in total. The monoisotopic (exact) mass is 400 g/mol. The number of hydrogen-bond donors (Lipinski definition) is 2. The van der Waals surface area contributed by atoms with Crippen LogP contribution < -0.4 is 19.5 Å². The summed E-state index contributed by atoms with van der Waals surface area (Å²) in [5.41, 5.74) is -0.168. The summed E-state index contributed by atoms with van der Waals surface area (Å²) in [6.07, 6.45) is 0. The first kappa shape index (κ1) is 19.9. The van der Waals surface area contributed by atoms with Gasteiger partial charge in [0.1, 0.15) is 6.61 Å². The Morgan fingerprint density at radius 1 is 1.11 bits per heavy atom. The van der Waals surface area contributed by atoms with Gasteiger partial charge in [-0.3, -0.25) is 5.32 Å². The Hall–Kier alpha value is -3.42. The zero-order chi connectivity index (χ0) is 20.0. The molecule has 2 N–H and O–H groups in total. The highest BCUT2D eigenvalue weighted by molar-refractivity contribution is 7.94. The Kier molecular flexibility index (Phi) is 6.12. The second-order valence-electron chi connectivity index (χ2n) is 4.67. The lowest BCUT2D eigenvalue weighted by atomic mass is 10.3. The summed E-state index contributed by atoms with van der Waals surface area (Å²) < 4.78 is 41.0. The second kappa shape index (κ2) is 8.31. The van der Waals surface area contributed by atoms with Crippen LogP contribution in [0.4, 0.5) is 10.7 Å². The van der Waals surface area contributed by atoms with E-state index in [0.29, 0.717) is 0 Å². The smallest absolute Gasteiger partial charge is 0.335 e. The van der Waals surface area contributed by atoms with E-state index in [0.717, 1.165) is 0 Å². The molecular weight excluding hydrogens is 384 g/mol. The minimum absolute atomic E-state index is 0.148. The van der Waals surface area contributed by atoms with E-state index in [1.165, 1.54) is 14.2 Å². The number of nitrogens with one attached hydrogen (secondary N) is 2. The third-order valence-corrected chi connectivity index (χ3v) is 4.24. The van der Waals surface area contributed by atoms with Crippen molar-refractivity contribution in [2.24, 2.45) is 5.16 Å². The van der Waals surface area contributed by atoms with Gasteiger partial charge < -0.3 is 19.0 Å². The molecule has 2 heterocycles. The number of rotatable bonds is 7. The van der Waals surface area contributed by atoms with Crippen molar-refractivity contribution < 1.29 is 32.3 Å². The highest BCUT2D eigenvalue weighted by Crippen LogP contribution is 2.17. The summed E-state index contributed by atoms with van der Waals surface area (Å²) in [4.78, 5) is 27.5. The molecule has 0 saturated carbocycles. The van der Waals surface area contributed by atoms with Crippen molar-refractivity contribution in [1.82, 2.24) is 19.7 Å². The lowest BCUT2D eigenvalue weighted by Crippen LogP contribution is -2.36. The lowest BCUT2D eigenvalue weighted by molar-refractivity contribution is 0.0655. The van der Waals surface area contributed by atoms with E-state index in [4.69, 9.17) is 19.0 Å². The fraction of sp³-hybridized carbons (Fsp3) is 0.308. The Bertz CT molecular complexity index is 876. The van der Waals surface area contributed by atoms with Gasteiger partial charge in [0.15, 0.2) is 6.61 Å². The van der Waals surface area contributed by atoms with Gasteiger partial charge in [-0.25, -0.2) is 17.9 Å². The van der Waals surface area contributed by atoms with Crippen molar-refractivity contribution in [1.29, 1.82) is 0 Å². The van der Waals surface area contributed by atoms with Gasteiger partial charge in [-0.2, -0.15) is 9.97 Å². The zero-order valence-electron chi connectivity index (χ0n) is 14.4. The van der Waals surface area contributed by atoms with Gasteiger partial charge in [0.2, 0.25) is 5.95 Å². The van der Waals surface area contributed by atoms with Gasteiger partial charge in [0, 0.05) is 0 Å². The SMILES string of the molecule is C=C(C(=C)S(=O)(=O)NC(=O)Nc1nc(OC)nc(OC)n1)C1=NOCCO1. The van der Waals surface area contributed by atoms with E-state index in [1.54, 1.807) is 4.72 Å². The van der Waals surface area contributed by atoms with Gasteiger partial charge >= 0.3 is 18.1 Å². The van der Waals surface area contributed by atoms with Crippen LogP contribution >= 0.6 is 0 Å². The van der Waals surface area contributed by atoms with Crippen molar-refractivity contribution in [2.75, 3.05) is 32.8 Å². The molecule has 0 spiro atoms. The number of urea groups is 1. The van der Waals surface area contributed by atoms with Gasteiger partial charge in [-0.1, -0.05) is 13.2 Å². The number of hydrogen-bond acceptors (Lipinski definition) is 11. The Morgan fingerprint density at radius 3 is 2.26 bits per heavy atom. The normalized spacial score (nSPS) is 13.3. The van der Waals surface area contributed by atoms with Gasteiger partial charge in [-0.15, -0.1) is 4.98 Å². The summed E-state index contributed by atoms with van der Waals surface area (Å²) in [6, 6.07) is -1.46. The van der Waals surface area contributed by atoms with Crippen LogP contribution in [0.25, 0.3) is 0 Å². The number of carbonyl (C=O) groups is 1. The number of oxime groups is 1. The Labute approximate surface area is 154 Å². The van der Waals surface area contributed by atoms with Gasteiger partial charge in [-0.05, 0) is 5.16 Å². The van der Waals surface area contributed by atoms with E-state index in [-0.39, 0.29) is 42.7 Å². The highest BCUT2D eigenvalue weighted by atomic mass is 32.2. The Morgan fingerprint density at radius 2 is 1.74 bits per heavy atom. The van der Waals surface area contributed by atoms with E-state index in [9.17, 15) is 13.2 Å². The first-order valence-corrected chi connectivity index (χ1v) is 8.64. The van der Waals surface area contributed by atoms with E-state index in [1.807, 2.05) is 0 Å². The summed E-state index contributed by atoms with van der Waals surface area (Å²) in [6.45, 7) is 7.30. The molecule has 2 rings (SSSR count). The number of anilines is 1. The molecule has 1 aromatic heterocycles. The van der Waals surface area contributed by atoms with Crippen molar-refractivity contribution in [2.45, 2.75) is 0 Å². The summed E-state index contributed by atoms with van der Waals surface area (Å²) in [7, 11) is -1.79. The second-order valence-corrected chi connectivity index (χ2v) is 6.38. The number of carbonyl (C=O) groups excluding carboxylic acids is 1. The van der Waals surface area contributed by atoms with Crippen LogP contribution in [-0.4, -0.2) is 62.7 Å². The van der Waals surface area contributed by atoms with E-state index < -0.39 is 21.0 Å². The summed E-state index contributed by atoms with van der Waals surface area (Å²) in [5.74, 6) is -0.451. The van der Waals surface area contributed by atoms with Crippen molar-refractivity contribution in [3.05, 3.63) is 23.6 Å². The van der Waals surface area contributed by atoms with Crippen molar-refractivity contribution in [3.8, 4) is 12.0 Å². The number of nitrogens with zero attached hydrogens (tertiary/aromatic N) is 4. The van der Waals surface area contributed by atoms with Crippen LogP contribution in [0, 0.1) is 0 Å². The first-order chi connectivity index (χ1) is 12.8. The van der Waals surface area contributed by atoms with Crippen LogP contribution in [0.3, 0.4) is 0 Å². The lowest BCUT2D eigenvalue weighted by Gasteiger charge is -2.16. The third-order valence-electron chi connectivity index (χ3n) is 2.89. The van der Waals surface area contributed by atoms with Crippen LogP contribution in [0.1, 0.15) is 0 Å². The topological polar surface area (TPSA) is 163 Å². The molecule has 146 valence electrons. The molecular formula is C13H16N6O7S. The van der Waals surface area contributed by atoms with Crippen LogP contribution in [0.5, 0.6) is 12.0 Å². The number of sulfonamides is 1. The maximum Gasteiger partial charge on any atom is 0.335 e. The molecule has 1 aliphatic heterocycles. The first-order valence-electron chi connectivity index (χ1n) is 7.16. The average Bonchev–Trinajstić information content (AvgIpc) is 2.66. The molecule has 0 aliphatic carbocycles. The average molecular weight is 400 g/mol. The Balaban J connectivity index is 2.08. The fourth-order valence-electron chi connectivity index (χ4n) is 1.62. The maximum absolute atomic E-state index is 12.3. The third kappa shape index (κ3) is 5.04. The minimum Gasteiger partial charge on any atom is -0.471 e. The van der Waals surface area contributed by atoms with E-state index >= 15 is 0 Å². The summed E-state index contributed by atoms with van der Waals surface area (Å²) in [5, 5.41) is 5.65. The van der Waals surface area contributed by atoms with E-state index in [2.05, 4.69) is 38.6 Å². The molecule has 1 aliphatic rings. The van der Waals surface area contributed by atoms with Crippen LogP contribution in [0.2, 0.25) is 0 Å². The fourth-order valence-corrected chi connectivity index (χ4v) is 2.45. The maximum atomic E-state index is 12.3. The number of aromatic nitrogens is 3. The predicted molar refractivity (Wildman–Crippen MR) is 91.6 cm³/mol. The standard InChI is InChI=1S/C13H16N6O7S/c1-7(9-18-26-6-5-25-9)8(2)27(21,22)19-11(20)14-10-15-12(23-3)17-13(16-10)24-4/h1-2,5-6H2,3-4H3,(H2,14,15,16,17,19,20). The molecule has 0 bridgehead atoms. The molecule has 27 heavy (non-hydrogen) atoms. The molecule has 0 fully saturated rings. The predicted octanol–water partition coefficient (Wildman–Crippen LogP) is -0.230. The molecule has 0 saturated heterocycles.